The Kier molecular flexibility index (Phi) is 3.82. The number of aromatic amines is 1. The van der Waals surface area contributed by atoms with Crippen LogP contribution in [-0.4, -0.2) is 52.6 Å². The molecule has 1 aliphatic rings. The molecule has 2 rings (SSSR count). The lowest BCUT2D eigenvalue weighted by molar-refractivity contribution is -0.389. The van der Waals surface area contributed by atoms with Crippen LogP contribution in [0.1, 0.15) is 17.4 Å². The third-order valence-electron chi connectivity index (χ3n) is 3.06. The lowest BCUT2D eigenvalue weighted by Gasteiger charge is -2.34. The molecule has 0 aromatic carbocycles. The van der Waals surface area contributed by atoms with Crippen LogP contribution in [0, 0.1) is 10.1 Å². The number of hydrogen-bond donors (Lipinski definition) is 2. The SMILES string of the molecule is CC(N)C1CN(C(=O)c2ccc([N+](=O)[O-])[nH]2)CCO1. The van der Waals surface area contributed by atoms with Gasteiger partial charge in [0, 0.05) is 25.2 Å². The second kappa shape index (κ2) is 5.37. The van der Waals surface area contributed by atoms with Crippen molar-refractivity contribution in [2.24, 2.45) is 5.73 Å². The summed E-state index contributed by atoms with van der Waals surface area (Å²) >= 11 is 0. The Morgan fingerprint density at radius 2 is 2.42 bits per heavy atom. The van der Waals surface area contributed by atoms with Crippen molar-refractivity contribution in [1.29, 1.82) is 0 Å². The standard InChI is InChI=1S/C11H16N4O4/c1-7(12)9-6-14(4-5-19-9)11(16)8-2-3-10(13-8)15(17)18/h2-3,7,9,13H,4-6,12H2,1H3. The average molecular weight is 268 g/mol. The number of nitro groups is 1. The van der Waals surface area contributed by atoms with Gasteiger partial charge in [-0.3, -0.25) is 4.79 Å². The third kappa shape index (κ3) is 2.91. The molecule has 2 atom stereocenters. The maximum absolute atomic E-state index is 12.2. The maximum atomic E-state index is 12.2. The monoisotopic (exact) mass is 268 g/mol. The van der Waals surface area contributed by atoms with Crippen LogP contribution in [0.15, 0.2) is 12.1 Å². The Hall–Kier alpha value is -1.93. The van der Waals surface area contributed by atoms with E-state index in [-0.39, 0.29) is 29.6 Å². The van der Waals surface area contributed by atoms with Gasteiger partial charge in [0.25, 0.3) is 5.91 Å². The van der Waals surface area contributed by atoms with Gasteiger partial charge in [0.1, 0.15) is 0 Å². The highest BCUT2D eigenvalue weighted by molar-refractivity contribution is 5.93. The zero-order valence-electron chi connectivity index (χ0n) is 10.5. The Morgan fingerprint density at radius 3 is 3.00 bits per heavy atom. The minimum absolute atomic E-state index is 0.173. The molecular formula is C11H16N4O4. The smallest absolute Gasteiger partial charge is 0.321 e. The van der Waals surface area contributed by atoms with Crippen molar-refractivity contribution in [2.45, 2.75) is 19.1 Å². The molecule has 3 N–H and O–H groups in total. The van der Waals surface area contributed by atoms with Crippen LogP contribution in [0.5, 0.6) is 0 Å². The van der Waals surface area contributed by atoms with Gasteiger partial charge in [0.15, 0.2) is 5.69 Å². The van der Waals surface area contributed by atoms with Crippen molar-refractivity contribution in [1.82, 2.24) is 9.88 Å². The summed E-state index contributed by atoms with van der Waals surface area (Å²) in [5.41, 5.74) is 5.96. The van der Waals surface area contributed by atoms with Crippen LogP contribution in [0.2, 0.25) is 0 Å². The molecule has 0 saturated carbocycles. The second-order valence-corrected chi connectivity index (χ2v) is 4.53. The number of nitrogens with zero attached hydrogens (tertiary/aromatic N) is 2. The van der Waals surface area contributed by atoms with Crippen LogP contribution in [0.4, 0.5) is 5.82 Å². The number of amides is 1. The predicted octanol–water partition coefficient (Wildman–Crippen LogP) is 0.111. The molecule has 1 fully saturated rings. The molecule has 1 aromatic rings. The Morgan fingerprint density at radius 1 is 1.68 bits per heavy atom. The van der Waals surface area contributed by atoms with Crippen molar-refractivity contribution in [2.75, 3.05) is 19.7 Å². The molecule has 1 amide bonds. The number of rotatable bonds is 3. The summed E-state index contributed by atoms with van der Waals surface area (Å²) in [4.78, 5) is 26.3. The average Bonchev–Trinajstić information content (AvgIpc) is 2.87. The van der Waals surface area contributed by atoms with E-state index in [1.807, 2.05) is 6.92 Å². The number of carbonyl (C=O) groups is 1. The van der Waals surface area contributed by atoms with E-state index in [1.54, 1.807) is 4.90 Å². The maximum Gasteiger partial charge on any atom is 0.321 e. The topological polar surface area (TPSA) is 114 Å². The van der Waals surface area contributed by atoms with Gasteiger partial charge in [-0.15, -0.1) is 0 Å². The summed E-state index contributed by atoms with van der Waals surface area (Å²) < 4.78 is 5.46. The van der Waals surface area contributed by atoms with Gasteiger partial charge in [0.05, 0.1) is 12.7 Å². The summed E-state index contributed by atoms with van der Waals surface area (Å²) in [5.74, 6) is -0.470. The highest BCUT2D eigenvalue weighted by Gasteiger charge is 2.29. The predicted molar refractivity (Wildman–Crippen MR) is 66.7 cm³/mol. The van der Waals surface area contributed by atoms with E-state index in [0.29, 0.717) is 19.7 Å². The molecule has 2 heterocycles. The first-order valence-corrected chi connectivity index (χ1v) is 5.99. The van der Waals surface area contributed by atoms with Crippen molar-refractivity contribution in [3.05, 3.63) is 27.9 Å². The quantitative estimate of drug-likeness (QED) is 0.596. The number of aromatic nitrogens is 1. The minimum atomic E-state index is -0.569. The molecule has 1 saturated heterocycles. The zero-order valence-corrected chi connectivity index (χ0v) is 10.5. The third-order valence-corrected chi connectivity index (χ3v) is 3.06. The summed E-state index contributed by atoms with van der Waals surface area (Å²) in [6.45, 7) is 3.08. The molecule has 0 spiro atoms. The number of carbonyl (C=O) groups excluding carboxylic acids is 1. The Labute approximate surface area is 109 Å². The number of nitrogens with one attached hydrogen (secondary N) is 1. The van der Waals surface area contributed by atoms with Crippen molar-refractivity contribution in [3.8, 4) is 0 Å². The number of ether oxygens (including phenoxy) is 1. The fourth-order valence-corrected chi connectivity index (χ4v) is 1.96. The molecular weight excluding hydrogens is 252 g/mol. The molecule has 8 heteroatoms. The van der Waals surface area contributed by atoms with Gasteiger partial charge < -0.3 is 25.5 Å². The first kappa shape index (κ1) is 13.5. The van der Waals surface area contributed by atoms with Gasteiger partial charge in [0.2, 0.25) is 0 Å². The molecule has 1 aliphatic heterocycles. The van der Waals surface area contributed by atoms with E-state index in [4.69, 9.17) is 10.5 Å². The van der Waals surface area contributed by atoms with E-state index in [1.165, 1.54) is 12.1 Å². The molecule has 1 aromatic heterocycles. The Balaban J connectivity index is 2.08. The normalized spacial score (nSPS) is 21.2. The highest BCUT2D eigenvalue weighted by Crippen LogP contribution is 2.15. The summed E-state index contributed by atoms with van der Waals surface area (Å²) in [6, 6.07) is 2.52. The van der Waals surface area contributed by atoms with Gasteiger partial charge >= 0.3 is 5.82 Å². The number of morpholine rings is 1. The molecule has 8 nitrogen and oxygen atoms in total. The molecule has 104 valence electrons. The number of H-pyrrole nitrogens is 1. The van der Waals surface area contributed by atoms with Crippen LogP contribution < -0.4 is 5.73 Å². The number of nitrogens with two attached hydrogens (primary N) is 1. The molecule has 19 heavy (non-hydrogen) atoms. The highest BCUT2D eigenvalue weighted by atomic mass is 16.6. The van der Waals surface area contributed by atoms with Crippen molar-refractivity contribution < 1.29 is 14.5 Å². The van der Waals surface area contributed by atoms with Crippen LogP contribution >= 0.6 is 0 Å². The van der Waals surface area contributed by atoms with E-state index < -0.39 is 4.92 Å². The van der Waals surface area contributed by atoms with Crippen LogP contribution in [0.25, 0.3) is 0 Å². The van der Waals surface area contributed by atoms with Crippen molar-refractivity contribution >= 4 is 11.7 Å². The van der Waals surface area contributed by atoms with E-state index in [0.717, 1.165) is 0 Å². The minimum Gasteiger partial charge on any atom is -0.373 e. The largest absolute Gasteiger partial charge is 0.373 e. The van der Waals surface area contributed by atoms with E-state index in [2.05, 4.69) is 4.98 Å². The van der Waals surface area contributed by atoms with Gasteiger partial charge in [-0.25, -0.2) is 4.98 Å². The van der Waals surface area contributed by atoms with Gasteiger partial charge in [-0.1, -0.05) is 0 Å². The van der Waals surface area contributed by atoms with Crippen LogP contribution in [-0.2, 0) is 4.74 Å². The van der Waals surface area contributed by atoms with Crippen LogP contribution in [0.3, 0.4) is 0 Å². The zero-order chi connectivity index (χ0) is 14.0. The fraction of sp³-hybridized carbons (Fsp3) is 0.545. The first-order chi connectivity index (χ1) is 8.99. The number of hydrogen-bond acceptors (Lipinski definition) is 5. The first-order valence-electron chi connectivity index (χ1n) is 5.99. The Bertz CT molecular complexity index is 485. The van der Waals surface area contributed by atoms with Gasteiger partial charge in [-0.05, 0) is 17.9 Å². The molecule has 0 bridgehead atoms. The second-order valence-electron chi connectivity index (χ2n) is 4.53. The molecule has 2 unspecified atom stereocenters. The summed E-state index contributed by atoms with van der Waals surface area (Å²) in [5, 5.41) is 10.6. The van der Waals surface area contributed by atoms with Crippen molar-refractivity contribution in [3.63, 3.8) is 0 Å². The lowest BCUT2D eigenvalue weighted by Crippen LogP contribution is -2.51. The molecule has 0 aliphatic carbocycles. The van der Waals surface area contributed by atoms with E-state index in [9.17, 15) is 14.9 Å². The lowest BCUT2D eigenvalue weighted by atomic mass is 10.1. The fourth-order valence-electron chi connectivity index (χ4n) is 1.96. The van der Waals surface area contributed by atoms with E-state index >= 15 is 0 Å². The summed E-state index contributed by atoms with van der Waals surface area (Å²) in [6.07, 6.45) is -0.206. The summed E-state index contributed by atoms with van der Waals surface area (Å²) in [7, 11) is 0. The molecule has 0 radical (unpaired) electrons. The van der Waals surface area contributed by atoms with Gasteiger partial charge in [-0.2, -0.15) is 0 Å².